The van der Waals surface area contributed by atoms with Gasteiger partial charge < -0.3 is 0 Å². The first-order chi connectivity index (χ1) is 6.72. The van der Waals surface area contributed by atoms with Crippen LogP contribution in [0.15, 0.2) is 23.3 Å². The molecule has 0 radical (unpaired) electrons. The van der Waals surface area contributed by atoms with E-state index in [2.05, 4.69) is 26.9 Å². The summed E-state index contributed by atoms with van der Waals surface area (Å²) in [6.07, 6.45) is 10.8. The summed E-state index contributed by atoms with van der Waals surface area (Å²) in [5.74, 6) is 0.700. The van der Waals surface area contributed by atoms with E-state index in [4.69, 9.17) is 0 Å². The highest BCUT2D eigenvalue weighted by atomic mass is 16.1. The zero-order chi connectivity index (χ0) is 10.4. The van der Waals surface area contributed by atoms with Gasteiger partial charge in [0.05, 0.1) is 0 Å². The molecule has 0 fully saturated rings. The molecule has 14 heavy (non-hydrogen) atoms. The second kappa shape index (κ2) is 5.84. The summed E-state index contributed by atoms with van der Waals surface area (Å²) in [7, 11) is 2.26. The van der Waals surface area contributed by atoms with Gasteiger partial charge in [0.1, 0.15) is 14.1 Å². The third-order valence-electron chi connectivity index (χ3n) is 2.89. The van der Waals surface area contributed by atoms with E-state index in [-0.39, 0.29) is 0 Å². The van der Waals surface area contributed by atoms with Crippen molar-refractivity contribution in [3.63, 3.8) is 0 Å². The molecule has 0 aliphatic heterocycles. The van der Waals surface area contributed by atoms with Crippen molar-refractivity contribution in [3.8, 4) is 0 Å². The maximum absolute atomic E-state index is 10.7. The summed E-state index contributed by atoms with van der Waals surface area (Å²) in [6.45, 7) is 2.18. The van der Waals surface area contributed by atoms with Gasteiger partial charge in [-0.05, 0) is 38.2 Å². The molecule has 0 amide bonds. The van der Waals surface area contributed by atoms with Crippen LogP contribution in [0.25, 0.3) is 0 Å². The van der Waals surface area contributed by atoms with E-state index >= 15 is 0 Å². The number of hydrogen-bond donors (Lipinski definition) is 0. The summed E-state index contributed by atoms with van der Waals surface area (Å²) >= 11 is 0. The third kappa shape index (κ3) is 3.95. The summed E-state index contributed by atoms with van der Waals surface area (Å²) < 4.78 is 0. The molecule has 1 aliphatic carbocycles. The molecule has 1 rings (SSSR count). The van der Waals surface area contributed by atoms with Crippen molar-refractivity contribution in [1.29, 1.82) is 0 Å². The zero-order valence-electron chi connectivity index (χ0n) is 9.25. The normalized spacial score (nSPS) is 32.2. The molecule has 1 aliphatic rings. The van der Waals surface area contributed by atoms with Crippen LogP contribution in [-0.4, -0.2) is 14.1 Å². The molecule has 0 saturated carbocycles. The van der Waals surface area contributed by atoms with E-state index in [9.17, 15) is 4.79 Å². The minimum absolute atomic E-state index is 0.700. The minimum Gasteiger partial charge on any atom is -0.298 e. The molecular weight excluding hydrogens is 171 g/mol. The van der Waals surface area contributed by atoms with Gasteiger partial charge in [0.15, 0.2) is 0 Å². The highest BCUT2D eigenvalue weighted by Gasteiger charge is 2.05. The Kier molecular flexibility index (Phi) is 4.71. The second-order valence-corrected chi connectivity index (χ2v) is 4.37. The predicted octanol–water partition coefficient (Wildman–Crippen LogP) is 2.44. The number of allylic oxidation sites excluding steroid dienone is 4. The fourth-order valence-electron chi connectivity index (χ4n) is 1.73. The molecule has 1 atom stereocenters. The van der Waals surface area contributed by atoms with E-state index in [1.807, 2.05) is 0 Å². The second-order valence-electron chi connectivity index (χ2n) is 4.37. The summed E-state index contributed by atoms with van der Waals surface area (Å²) in [5, 5.41) is 0. The Hall–Kier alpha value is -0.785. The Morgan fingerprint density at radius 2 is 2.21 bits per heavy atom. The lowest BCUT2D eigenvalue weighted by molar-refractivity contribution is -0.105. The number of rotatable bonds is 1. The molecule has 2 heteroatoms. The quantitative estimate of drug-likeness (QED) is 0.352. The molecule has 0 N–H and O–H groups in total. The third-order valence-corrected chi connectivity index (χ3v) is 2.89. The minimum atomic E-state index is 0.700. The number of aldehydes is 1. The first kappa shape index (κ1) is 11.3. The van der Waals surface area contributed by atoms with Crippen LogP contribution in [0.2, 0.25) is 5.82 Å². The van der Waals surface area contributed by atoms with Crippen molar-refractivity contribution in [3.05, 3.63) is 23.3 Å². The van der Waals surface area contributed by atoms with Crippen LogP contribution >= 0.6 is 0 Å². The molecule has 0 bridgehead atoms. The van der Waals surface area contributed by atoms with E-state index in [1.165, 1.54) is 5.57 Å². The molecule has 0 saturated heterocycles. The van der Waals surface area contributed by atoms with E-state index in [0.29, 0.717) is 5.82 Å². The van der Waals surface area contributed by atoms with E-state index in [1.54, 1.807) is 0 Å². The highest BCUT2D eigenvalue weighted by Crippen LogP contribution is 2.21. The maximum atomic E-state index is 10.7. The molecule has 1 nitrogen and oxygen atoms in total. The smallest absolute Gasteiger partial charge is 0.145 e. The van der Waals surface area contributed by atoms with Crippen LogP contribution in [0.5, 0.6) is 0 Å². The van der Waals surface area contributed by atoms with Crippen LogP contribution in [0, 0.1) is 0 Å². The summed E-state index contributed by atoms with van der Waals surface area (Å²) in [6, 6.07) is 0. The largest absolute Gasteiger partial charge is 0.298 e. The van der Waals surface area contributed by atoms with Gasteiger partial charge >= 0.3 is 0 Å². The molecule has 0 spiro atoms. The summed E-state index contributed by atoms with van der Waals surface area (Å²) in [4.78, 5) is 10.7. The molecule has 76 valence electrons. The zero-order valence-corrected chi connectivity index (χ0v) is 9.25. The van der Waals surface area contributed by atoms with Crippen LogP contribution in [-0.2, 0) is 4.79 Å². The maximum Gasteiger partial charge on any atom is 0.145 e. The SMILES string of the molecule is BC1C/C=C(\C)CC/C=C(\C=O)CC1. The first-order valence-corrected chi connectivity index (χ1v) is 5.52. The lowest BCUT2D eigenvalue weighted by atomic mass is 9.79. The van der Waals surface area contributed by atoms with Crippen molar-refractivity contribution in [2.45, 2.75) is 44.8 Å². The Morgan fingerprint density at radius 1 is 1.43 bits per heavy atom. The lowest BCUT2D eigenvalue weighted by Crippen LogP contribution is -1.96. The van der Waals surface area contributed by atoms with Crippen molar-refractivity contribution < 1.29 is 4.79 Å². The van der Waals surface area contributed by atoms with Crippen LogP contribution in [0.4, 0.5) is 0 Å². The van der Waals surface area contributed by atoms with Crippen molar-refractivity contribution in [2.75, 3.05) is 0 Å². The monoisotopic (exact) mass is 190 g/mol. The molecule has 1 unspecified atom stereocenters. The van der Waals surface area contributed by atoms with Gasteiger partial charge in [-0.3, -0.25) is 4.79 Å². The number of carbonyl (C=O) groups excluding carboxylic acids is 1. The van der Waals surface area contributed by atoms with Crippen molar-refractivity contribution >= 4 is 14.1 Å². The molecule has 0 aromatic heterocycles. The average molecular weight is 190 g/mol. The molecule has 0 aromatic carbocycles. The fraction of sp³-hybridized carbons (Fsp3) is 0.583. The molecular formula is C12H19BO. The number of carbonyl (C=O) groups is 1. The van der Waals surface area contributed by atoms with Gasteiger partial charge in [-0.15, -0.1) is 0 Å². The molecule has 0 aromatic rings. The van der Waals surface area contributed by atoms with Gasteiger partial charge in [0.2, 0.25) is 0 Å². The van der Waals surface area contributed by atoms with Gasteiger partial charge in [-0.25, -0.2) is 0 Å². The lowest BCUT2D eigenvalue weighted by Gasteiger charge is -2.11. The van der Waals surface area contributed by atoms with E-state index < -0.39 is 0 Å². The van der Waals surface area contributed by atoms with Crippen molar-refractivity contribution in [1.82, 2.24) is 0 Å². The molecule has 0 heterocycles. The van der Waals surface area contributed by atoms with Crippen molar-refractivity contribution in [2.24, 2.45) is 0 Å². The Morgan fingerprint density at radius 3 is 2.93 bits per heavy atom. The van der Waals surface area contributed by atoms with Crippen LogP contribution < -0.4 is 0 Å². The predicted molar refractivity (Wildman–Crippen MR) is 63.3 cm³/mol. The fourth-order valence-corrected chi connectivity index (χ4v) is 1.73. The topological polar surface area (TPSA) is 17.1 Å². The standard InChI is InChI=1S/C12H19BO/c1-10-3-2-4-11(9-14)6-8-12(13)7-5-10/h4-5,9,12H,2-3,6-8,13H2,1H3/b10-5+,11-4-. The van der Waals surface area contributed by atoms with E-state index in [0.717, 1.165) is 44.0 Å². The van der Waals surface area contributed by atoms with Gasteiger partial charge in [-0.1, -0.05) is 30.0 Å². The Bertz CT molecular complexity index is 253. The summed E-state index contributed by atoms with van der Waals surface area (Å²) in [5.41, 5.74) is 2.45. The highest BCUT2D eigenvalue weighted by molar-refractivity contribution is 6.11. The Balaban J connectivity index is 2.63. The van der Waals surface area contributed by atoms with Gasteiger partial charge in [0.25, 0.3) is 0 Å². The van der Waals surface area contributed by atoms with Gasteiger partial charge in [0, 0.05) is 0 Å². The van der Waals surface area contributed by atoms with Crippen LogP contribution in [0.1, 0.15) is 39.0 Å². The first-order valence-electron chi connectivity index (χ1n) is 5.52. The van der Waals surface area contributed by atoms with Crippen LogP contribution in [0.3, 0.4) is 0 Å². The van der Waals surface area contributed by atoms with Gasteiger partial charge in [-0.2, -0.15) is 0 Å². The average Bonchev–Trinajstić information content (AvgIpc) is 2.19. The number of hydrogen-bond acceptors (Lipinski definition) is 1. The Labute approximate surface area is 87.7 Å².